The Morgan fingerprint density at radius 1 is 0.310 bits per heavy atom. The largest absolute Gasteiger partial charge is 0.292 e. The van der Waals surface area contributed by atoms with Crippen molar-refractivity contribution in [3.05, 3.63) is 194 Å². The lowest BCUT2D eigenvalue weighted by Crippen LogP contribution is -2.07. The SMILES string of the molecule is c1ccc(-c2ccc(-c3nc(-c4ccc(-c5ccccc5)cc4)nc(-n4c5ccccc5c5ccc6c(c7ccccc7n7c8ccccc8nc67)c54)n3)cc2)cc1. The lowest BCUT2D eigenvalue weighted by molar-refractivity contribution is 0.955. The fourth-order valence-corrected chi connectivity index (χ4v) is 8.66. The van der Waals surface area contributed by atoms with Gasteiger partial charge in [0.25, 0.3) is 0 Å². The third-order valence-corrected chi connectivity index (χ3v) is 11.4. The molecule has 0 saturated heterocycles. The van der Waals surface area contributed by atoms with Crippen LogP contribution in [0.15, 0.2) is 194 Å². The van der Waals surface area contributed by atoms with Crippen LogP contribution in [-0.4, -0.2) is 28.9 Å². The van der Waals surface area contributed by atoms with Crippen LogP contribution >= 0.6 is 0 Å². The number of para-hydroxylation sites is 4. The van der Waals surface area contributed by atoms with Gasteiger partial charge in [0.2, 0.25) is 5.95 Å². The minimum absolute atomic E-state index is 0.551. The Kier molecular flexibility index (Phi) is 7.13. The van der Waals surface area contributed by atoms with Gasteiger partial charge in [-0.05, 0) is 52.6 Å². The van der Waals surface area contributed by atoms with E-state index in [0.717, 1.165) is 93.5 Å². The summed E-state index contributed by atoms with van der Waals surface area (Å²) in [5.41, 5.74) is 12.5. The van der Waals surface area contributed by atoms with Gasteiger partial charge in [-0.2, -0.15) is 9.97 Å². The molecule has 6 heteroatoms. The van der Waals surface area contributed by atoms with Crippen molar-refractivity contribution in [2.75, 3.05) is 0 Å². The van der Waals surface area contributed by atoms with Gasteiger partial charge in [0, 0.05) is 38.1 Å². The Morgan fingerprint density at radius 2 is 0.793 bits per heavy atom. The van der Waals surface area contributed by atoms with E-state index in [1.807, 2.05) is 12.1 Å². The van der Waals surface area contributed by atoms with E-state index in [2.05, 4.69) is 191 Å². The summed E-state index contributed by atoms with van der Waals surface area (Å²) >= 11 is 0. The summed E-state index contributed by atoms with van der Waals surface area (Å²) in [4.78, 5) is 21.1. The minimum atomic E-state index is 0.551. The number of rotatable bonds is 5. The molecule has 4 heterocycles. The van der Waals surface area contributed by atoms with Gasteiger partial charge in [0.05, 0.1) is 27.6 Å². The van der Waals surface area contributed by atoms with Crippen LogP contribution in [0.1, 0.15) is 0 Å². The molecule has 0 radical (unpaired) electrons. The summed E-state index contributed by atoms with van der Waals surface area (Å²) in [5.74, 6) is 1.75. The number of benzene rings is 8. The molecule has 270 valence electrons. The average molecular weight is 741 g/mol. The topological polar surface area (TPSA) is 60.9 Å². The van der Waals surface area contributed by atoms with Crippen LogP contribution in [-0.2, 0) is 0 Å². The van der Waals surface area contributed by atoms with Crippen molar-refractivity contribution in [1.82, 2.24) is 28.9 Å². The summed E-state index contributed by atoms with van der Waals surface area (Å²) < 4.78 is 4.53. The van der Waals surface area contributed by atoms with Crippen LogP contribution in [0.5, 0.6) is 0 Å². The number of hydrogen-bond acceptors (Lipinski definition) is 4. The van der Waals surface area contributed by atoms with Crippen molar-refractivity contribution in [2.45, 2.75) is 0 Å². The summed E-state index contributed by atoms with van der Waals surface area (Å²) in [5, 5.41) is 5.55. The number of fused-ring (bicyclic) bond motifs is 12. The van der Waals surface area contributed by atoms with Crippen molar-refractivity contribution in [2.24, 2.45) is 0 Å². The molecule has 0 unspecified atom stereocenters. The number of nitrogens with zero attached hydrogens (tertiary/aromatic N) is 6. The van der Waals surface area contributed by atoms with E-state index in [4.69, 9.17) is 19.9 Å². The molecule has 0 aliphatic carbocycles. The molecular weight excluding hydrogens is 709 g/mol. The second-order valence-corrected chi connectivity index (χ2v) is 14.7. The molecule has 0 aliphatic heterocycles. The highest BCUT2D eigenvalue weighted by Crippen LogP contribution is 2.41. The maximum atomic E-state index is 5.34. The molecule has 0 amide bonds. The van der Waals surface area contributed by atoms with Crippen LogP contribution in [0.25, 0.3) is 111 Å². The molecule has 12 rings (SSSR count). The highest BCUT2D eigenvalue weighted by Gasteiger charge is 2.23. The lowest BCUT2D eigenvalue weighted by Gasteiger charge is -2.14. The highest BCUT2D eigenvalue weighted by molar-refractivity contribution is 6.27. The van der Waals surface area contributed by atoms with E-state index in [1.54, 1.807) is 0 Å². The molecule has 0 aliphatic rings. The molecule has 58 heavy (non-hydrogen) atoms. The lowest BCUT2D eigenvalue weighted by atomic mass is 10.0. The molecule has 4 aromatic heterocycles. The first-order chi connectivity index (χ1) is 28.8. The molecule has 6 nitrogen and oxygen atoms in total. The van der Waals surface area contributed by atoms with Crippen molar-refractivity contribution >= 4 is 60.2 Å². The summed E-state index contributed by atoms with van der Waals surface area (Å²) in [6.45, 7) is 0. The standard InChI is InChI=1S/C52H32N6/c1-3-13-33(14-4-1)35-23-27-37(28-24-35)49-54-50(38-29-25-36(26-30-38)34-15-5-2-6-16-34)56-52(55-49)58-44-20-10-7-17-39(44)40-31-32-42-47(48(40)58)41-18-8-11-21-45(41)57-46-22-12-9-19-43(46)53-51(42)57/h1-32H. The molecule has 0 atom stereocenters. The number of pyridine rings is 1. The fourth-order valence-electron chi connectivity index (χ4n) is 8.66. The molecule has 12 aromatic rings. The maximum absolute atomic E-state index is 5.34. The van der Waals surface area contributed by atoms with E-state index in [0.29, 0.717) is 17.6 Å². The summed E-state index contributed by atoms with van der Waals surface area (Å²) in [6.07, 6.45) is 0. The first-order valence-corrected chi connectivity index (χ1v) is 19.5. The van der Waals surface area contributed by atoms with Gasteiger partial charge in [-0.25, -0.2) is 9.97 Å². The van der Waals surface area contributed by atoms with Gasteiger partial charge in [-0.15, -0.1) is 0 Å². The molecule has 0 fully saturated rings. The predicted octanol–water partition coefficient (Wildman–Crippen LogP) is 12.7. The molecule has 0 spiro atoms. The molecule has 0 saturated carbocycles. The van der Waals surface area contributed by atoms with Crippen LogP contribution in [0.3, 0.4) is 0 Å². The van der Waals surface area contributed by atoms with Crippen molar-refractivity contribution in [1.29, 1.82) is 0 Å². The van der Waals surface area contributed by atoms with Crippen LogP contribution in [0, 0.1) is 0 Å². The average Bonchev–Trinajstić information content (AvgIpc) is 3.86. The Labute approximate surface area is 333 Å². The van der Waals surface area contributed by atoms with Gasteiger partial charge in [-0.1, -0.05) is 164 Å². The number of aromatic nitrogens is 6. The monoisotopic (exact) mass is 740 g/mol. The zero-order chi connectivity index (χ0) is 38.2. The highest BCUT2D eigenvalue weighted by atomic mass is 15.2. The van der Waals surface area contributed by atoms with E-state index in [1.165, 1.54) is 0 Å². The second-order valence-electron chi connectivity index (χ2n) is 14.7. The van der Waals surface area contributed by atoms with Crippen molar-refractivity contribution in [3.8, 4) is 51.0 Å². The first kappa shape index (κ1) is 32.3. The molecule has 8 aromatic carbocycles. The smallest absolute Gasteiger partial charge is 0.238 e. The fraction of sp³-hybridized carbons (Fsp3) is 0. The second kappa shape index (κ2) is 12.8. The van der Waals surface area contributed by atoms with Gasteiger partial charge >= 0.3 is 0 Å². The van der Waals surface area contributed by atoms with E-state index in [-0.39, 0.29) is 0 Å². The molecular formula is C52H32N6. The van der Waals surface area contributed by atoms with Crippen LogP contribution in [0.4, 0.5) is 0 Å². The minimum Gasteiger partial charge on any atom is -0.292 e. The Hall–Kier alpha value is -7.96. The van der Waals surface area contributed by atoms with Crippen LogP contribution < -0.4 is 0 Å². The summed E-state index contributed by atoms with van der Waals surface area (Å²) in [7, 11) is 0. The molecule has 0 N–H and O–H groups in total. The predicted molar refractivity (Wildman–Crippen MR) is 237 cm³/mol. The van der Waals surface area contributed by atoms with Crippen molar-refractivity contribution in [3.63, 3.8) is 0 Å². The van der Waals surface area contributed by atoms with E-state index >= 15 is 0 Å². The zero-order valence-electron chi connectivity index (χ0n) is 31.2. The number of imidazole rings is 1. The normalized spacial score (nSPS) is 11.8. The Balaban J connectivity index is 1.16. The summed E-state index contributed by atoms with van der Waals surface area (Å²) in [6, 6.07) is 67.9. The first-order valence-electron chi connectivity index (χ1n) is 19.5. The van der Waals surface area contributed by atoms with E-state index < -0.39 is 0 Å². The van der Waals surface area contributed by atoms with Gasteiger partial charge in [0.1, 0.15) is 5.65 Å². The number of hydrogen-bond donors (Lipinski definition) is 0. The van der Waals surface area contributed by atoms with Gasteiger partial charge in [0.15, 0.2) is 11.6 Å². The maximum Gasteiger partial charge on any atom is 0.238 e. The molecule has 0 bridgehead atoms. The van der Waals surface area contributed by atoms with Crippen LogP contribution in [0.2, 0.25) is 0 Å². The van der Waals surface area contributed by atoms with Gasteiger partial charge in [-0.3, -0.25) is 8.97 Å². The Bertz CT molecular complexity index is 3430. The Morgan fingerprint density at radius 3 is 1.43 bits per heavy atom. The quantitative estimate of drug-likeness (QED) is 0.165. The van der Waals surface area contributed by atoms with Crippen molar-refractivity contribution < 1.29 is 0 Å². The van der Waals surface area contributed by atoms with E-state index in [9.17, 15) is 0 Å². The van der Waals surface area contributed by atoms with Gasteiger partial charge < -0.3 is 0 Å². The zero-order valence-corrected chi connectivity index (χ0v) is 31.2. The third-order valence-electron chi connectivity index (χ3n) is 11.4. The third kappa shape index (κ3) is 4.98.